The zero-order valence-electron chi connectivity index (χ0n) is 11.9. The summed E-state index contributed by atoms with van der Waals surface area (Å²) in [4.78, 5) is 8.71. The summed E-state index contributed by atoms with van der Waals surface area (Å²) in [6.45, 7) is 8.33. The van der Waals surface area contributed by atoms with Crippen molar-refractivity contribution in [3.63, 3.8) is 0 Å². The number of nitrogens with zero attached hydrogens (tertiary/aromatic N) is 3. The number of aryl methyl sites for hydroxylation is 2. The largest absolute Gasteiger partial charge is 0.334 e. The average Bonchev–Trinajstić information content (AvgIpc) is 2.89. The van der Waals surface area contributed by atoms with Crippen molar-refractivity contribution in [3.05, 3.63) is 47.8 Å². The fraction of sp³-hybridized carbons (Fsp3) is 0.467. The maximum absolute atomic E-state index is 4.54. The molecule has 19 heavy (non-hydrogen) atoms. The van der Waals surface area contributed by atoms with Crippen molar-refractivity contribution in [3.8, 4) is 0 Å². The van der Waals surface area contributed by atoms with Crippen LogP contribution in [-0.4, -0.2) is 21.1 Å². The minimum absolute atomic E-state index is 0.137. The minimum atomic E-state index is 0.137. The Kier molecular flexibility index (Phi) is 4.68. The smallest absolute Gasteiger partial charge is 0.130 e. The molecule has 0 aromatic carbocycles. The maximum Gasteiger partial charge on any atom is 0.130 e. The summed E-state index contributed by atoms with van der Waals surface area (Å²) in [7, 11) is 0. The van der Waals surface area contributed by atoms with Crippen LogP contribution < -0.4 is 5.32 Å². The molecule has 0 aliphatic heterocycles. The van der Waals surface area contributed by atoms with Crippen molar-refractivity contribution in [2.45, 2.75) is 39.8 Å². The first-order valence-electron chi connectivity index (χ1n) is 6.92. The number of pyridine rings is 1. The van der Waals surface area contributed by atoms with Gasteiger partial charge in [-0.05, 0) is 44.0 Å². The molecule has 0 bridgehead atoms. The van der Waals surface area contributed by atoms with E-state index < -0.39 is 0 Å². The van der Waals surface area contributed by atoms with Crippen LogP contribution in [-0.2, 0) is 6.54 Å². The third-order valence-electron chi connectivity index (χ3n) is 3.32. The van der Waals surface area contributed by atoms with Crippen molar-refractivity contribution < 1.29 is 0 Å². The summed E-state index contributed by atoms with van der Waals surface area (Å²) in [6.07, 6.45) is 8.77. The third kappa shape index (κ3) is 3.01. The van der Waals surface area contributed by atoms with E-state index in [0.29, 0.717) is 0 Å². The van der Waals surface area contributed by atoms with Crippen LogP contribution in [0.25, 0.3) is 0 Å². The van der Waals surface area contributed by atoms with E-state index >= 15 is 0 Å². The lowest BCUT2D eigenvalue weighted by Gasteiger charge is -2.21. The SMILES string of the molecule is CCCNC(c1ccncc1C)c1nccn1CC. The van der Waals surface area contributed by atoms with E-state index in [1.165, 1.54) is 11.1 Å². The Balaban J connectivity index is 2.39. The lowest BCUT2D eigenvalue weighted by Crippen LogP contribution is -2.26. The molecule has 102 valence electrons. The predicted octanol–water partition coefficient (Wildman–Crippen LogP) is 2.70. The van der Waals surface area contributed by atoms with Crippen LogP contribution in [0.1, 0.15) is 43.3 Å². The molecule has 0 aliphatic rings. The van der Waals surface area contributed by atoms with Crippen LogP contribution in [0.3, 0.4) is 0 Å². The summed E-state index contributed by atoms with van der Waals surface area (Å²) in [5, 5.41) is 3.59. The molecule has 4 heteroatoms. The van der Waals surface area contributed by atoms with Gasteiger partial charge in [0.1, 0.15) is 5.82 Å². The summed E-state index contributed by atoms with van der Waals surface area (Å²) >= 11 is 0. The quantitative estimate of drug-likeness (QED) is 0.866. The zero-order valence-corrected chi connectivity index (χ0v) is 11.9. The third-order valence-corrected chi connectivity index (χ3v) is 3.32. The number of aromatic nitrogens is 3. The summed E-state index contributed by atoms with van der Waals surface area (Å²) in [6, 6.07) is 2.22. The number of rotatable bonds is 6. The van der Waals surface area contributed by atoms with Crippen LogP contribution in [0.4, 0.5) is 0 Å². The molecule has 2 aromatic heterocycles. The highest BCUT2D eigenvalue weighted by Crippen LogP contribution is 2.23. The standard InChI is InChI=1S/C15H22N4/c1-4-7-17-14(13-6-8-16-11-12(13)3)15-18-9-10-19(15)5-2/h6,8-11,14,17H,4-5,7H2,1-3H3. The number of imidazole rings is 1. The van der Waals surface area contributed by atoms with Gasteiger partial charge in [0.15, 0.2) is 0 Å². The van der Waals surface area contributed by atoms with Gasteiger partial charge in [0.2, 0.25) is 0 Å². The van der Waals surface area contributed by atoms with E-state index in [-0.39, 0.29) is 6.04 Å². The number of hydrogen-bond acceptors (Lipinski definition) is 3. The predicted molar refractivity (Wildman–Crippen MR) is 77.0 cm³/mol. The van der Waals surface area contributed by atoms with Crippen molar-refractivity contribution in [1.29, 1.82) is 0 Å². The van der Waals surface area contributed by atoms with Gasteiger partial charge in [-0.25, -0.2) is 4.98 Å². The Morgan fingerprint density at radius 1 is 1.32 bits per heavy atom. The second kappa shape index (κ2) is 6.48. The molecule has 4 nitrogen and oxygen atoms in total. The van der Waals surface area contributed by atoms with Crippen LogP contribution in [0.5, 0.6) is 0 Å². The van der Waals surface area contributed by atoms with Gasteiger partial charge in [0.05, 0.1) is 6.04 Å². The summed E-state index contributed by atoms with van der Waals surface area (Å²) in [5.74, 6) is 1.07. The highest BCUT2D eigenvalue weighted by molar-refractivity contribution is 5.30. The van der Waals surface area contributed by atoms with Gasteiger partial charge < -0.3 is 9.88 Å². The van der Waals surface area contributed by atoms with Crippen LogP contribution >= 0.6 is 0 Å². The van der Waals surface area contributed by atoms with E-state index in [9.17, 15) is 0 Å². The van der Waals surface area contributed by atoms with Gasteiger partial charge in [-0.1, -0.05) is 6.92 Å². The molecule has 0 radical (unpaired) electrons. The van der Waals surface area contributed by atoms with E-state index in [1.807, 2.05) is 24.8 Å². The highest BCUT2D eigenvalue weighted by Gasteiger charge is 2.19. The monoisotopic (exact) mass is 258 g/mol. The summed E-state index contributed by atoms with van der Waals surface area (Å²) < 4.78 is 2.19. The first-order chi connectivity index (χ1) is 9.27. The molecule has 1 N–H and O–H groups in total. The van der Waals surface area contributed by atoms with Crippen LogP contribution in [0, 0.1) is 6.92 Å². The van der Waals surface area contributed by atoms with E-state index in [1.54, 1.807) is 0 Å². The molecule has 1 unspecified atom stereocenters. The first-order valence-corrected chi connectivity index (χ1v) is 6.92. The van der Waals surface area contributed by atoms with Gasteiger partial charge in [-0.3, -0.25) is 4.98 Å². The summed E-state index contributed by atoms with van der Waals surface area (Å²) in [5.41, 5.74) is 2.45. The number of hydrogen-bond donors (Lipinski definition) is 1. The topological polar surface area (TPSA) is 42.7 Å². The van der Waals surface area contributed by atoms with E-state index in [4.69, 9.17) is 0 Å². The molecule has 0 fully saturated rings. The van der Waals surface area contributed by atoms with Crippen LogP contribution in [0.15, 0.2) is 30.9 Å². The Morgan fingerprint density at radius 3 is 2.84 bits per heavy atom. The van der Waals surface area contributed by atoms with Gasteiger partial charge in [-0.15, -0.1) is 0 Å². The number of nitrogens with one attached hydrogen (secondary N) is 1. The Morgan fingerprint density at radius 2 is 2.16 bits per heavy atom. The van der Waals surface area contributed by atoms with Gasteiger partial charge in [0.25, 0.3) is 0 Å². The second-order valence-electron chi connectivity index (χ2n) is 4.69. The fourth-order valence-corrected chi connectivity index (χ4v) is 2.29. The molecule has 0 saturated carbocycles. The molecule has 2 rings (SSSR count). The van der Waals surface area contributed by atoms with Crippen molar-refractivity contribution >= 4 is 0 Å². The molecular weight excluding hydrogens is 236 g/mol. The molecule has 0 amide bonds. The Hall–Kier alpha value is -1.68. The second-order valence-corrected chi connectivity index (χ2v) is 4.69. The normalized spacial score (nSPS) is 12.6. The maximum atomic E-state index is 4.54. The van der Waals surface area contributed by atoms with Crippen LogP contribution in [0.2, 0.25) is 0 Å². The Bertz CT molecular complexity index is 518. The van der Waals surface area contributed by atoms with E-state index in [2.05, 4.69) is 46.7 Å². The first kappa shape index (κ1) is 13.7. The minimum Gasteiger partial charge on any atom is -0.334 e. The fourth-order valence-electron chi connectivity index (χ4n) is 2.29. The molecule has 0 saturated heterocycles. The molecular formula is C15H22N4. The lowest BCUT2D eigenvalue weighted by atomic mass is 10.0. The molecule has 2 heterocycles. The van der Waals surface area contributed by atoms with Crippen molar-refractivity contribution in [1.82, 2.24) is 19.9 Å². The van der Waals surface area contributed by atoms with Crippen molar-refractivity contribution in [2.75, 3.05) is 6.54 Å². The molecule has 1 atom stereocenters. The molecule has 2 aromatic rings. The van der Waals surface area contributed by atoms with Gasteiger partial charge >= 0.3 is 0 Å². The molecule has 0 spiro atoms. The Labute approximate surface area is 114 Å². The zero-order chi connectivity index (χ0) is 13.7. The average molecular weight is 258 g/mol. The highest BCUT2D eigenvalue weighted by atomic mass is 15.1. The molecule has 0 aliphatic carbocycles. The van der Waals surface area contributed by atoms with Crippen molar-refractivity contribution in [2.24, 2.45) is 0 Å². The lowest BCUT2D eigenvalue weighted by molar-refractivity contribution is 0.539. The van der Waals surface area contributed by atoms with E-state index in [0.717, 1.165) is 25.3 Å². The van der Waals surface area contributed by atoms with Gasteiger partial charge in [-0.2, -0.15) is 0 Å². The van der Waals surface area contributed by atoms with Gasteiger partial charge in [0, 0.05) is 31.3 Å².